The van der Waals surface area contributed by atoms with E-state index in [0.29, 0.717) is 49.8 Å². The summed E-state index contributed by atoms with van der Waals surface area (Å²) in [6.45, 7) is 6.10. The number of fused-ring (bicyclic) bond motifs is 1. The Morgan fingerprint density at radius 2 is 1.78 bits per heavy atom. The molecule has 0 spiro atoms. The lowest BCUT2D eigenvalue weighted by molar-refractivity contribution is -0.131. The van der Waals surface area contributed by atoms with Crippen LogP contribution >= 0.6 is 0 Å². The van der Waals surface area contributed by atoms with Crippen molar-refractivity contribution in [3.8, 4) is 5.75 Å². The fraction of sp³-hybridized carbons (Fsp3) is 0.577. The molecular formula is C26H38N6O4. The molecule has 0 saturated carbocycles. The number of nitrogens with one attached hydrogen (secondary N) is 1. The lowest BCUT2D eigenvalue weighted by atomic mass is 10.0. The van der Waals surface area contributed by atoms with Crippen molar-refractivity contribution >= 4 is 17.6 Å². The third-order valence-electron chi connectivity index (χ3n) is 6.20. The maximum absolute atomic E-state index is 12.9. The van der Waals surface area contributed by atoms with Gasteiger partial charge < -0.3 is 24.4 Å². The van der Waals surface area contributed by atoms with Gasteiger partial charge in [-0.1, -0.05) is 13.8 Å². The summed E-state index contributed by atoms with van der Waals surface area (Å²) in [5.41, 5.74) is 0.572. The van der Waals surface area contributed by atoms with E-state index in [9.17, 15) is 14.4 Å². The zero-order valence-electron chi connectivity index (χ0n) is 22.0. The monoisotopic (exact) mass is 498 g/mol. The van der Waals surface area contributed by atoms with Crippen LogP contribution in [0.2, 0.25) is 0 Å². The Balaban J connectivity index is 1.61. The first-order chi connectivity index (χ1) is 17.2. The molecule has 0 fully saturated rings. The van der Waals surface area contributed by atoms with Crippen LogP contribution in [0.1, 0.15) is 61.2 Å². The number of nitrogens with zero attached hydrogens (tertiary/aromatic N) is 5. The number of amides is 2. The summed E-state index contributed by atoms with van der Waals surface area (Å²) in [6, 6.07) is 6.67. The molecule has 0 bridgehead atoms. The number of ether oxygens (including phenoxy) is 1. The highest BCUT2D eigenvalue weighted by Gasteiger charge is 2.27. The van der Waals surface area contributed by atoms with Crippen LogP contribution in [-0.2, 0) is 22.6 Å². The number of benzene rings is 1. The van der Waals surface area contributed by atoms with Crippen molar-refractivity contribution in [2.75, 3.05) is 40.8 Å². The van der Waals surface area contributed by atoms with Crippen LogP contribution in [0.25, 0.3) is 0 Å². The Morgan fingerprint density at radius 3 is 2.42 bits per heavy atom. The van der Waals surface area contributed by atoms with Crippen molar-refractivity contribution in [1.29, 1.82) is 0 Å². The number of likely N-dealkylation sites (N-methyl/N-ethyl adjacent to an activating group) is 1. The van der Waals surface area contributed by atoms with Gasteiger partial charge in [0.05, 0.1) is 19.7 Å². The minimum absolute atomic E-state index is 0.0462. The normalized spacial score (nSPS) is 14.4. The number of hydrogen-bond donors (Lipinski definition) is 1. The van der Waals surface area contributed by atoms with Gasteiger partial charge in [-0.2, -0.15) is 0 Å². The maximum Gasteiger partial charge on any atom is 0.234 e. The van der Waals surface area contributed by atoms with Gasteiger partial charge >= 0.3 is 0 Å². The molecule has 0 aliphatic carbocycles. The molecule has 1 aliphatic heterocycles. The molecule has 1 aromatic heterocycles. The van der Waals surface area contributed by atoms with Crippen molar-refractivity contribution < 1.29 is 19.1 Å². The van der Waals surface area contributed by atoms with Crippen LogP contribution in [-0.4, -0.2) is 83.0 Å². The molecule has 1 aliphatic rings. The average Bonchev–Trinajstić information content (AvgIpc) is 3.12. The molecule has 1 aromatic carbocycles. The molecule has 0 radical (unpaired) electrons. The minimum atomic E-state index is -0.247. The SMILES string of the molecule is COc1ccc(C(=O)CCC(=O)N2CCc3nnc([C@H](CC(C)C)NC(=O)CN(C)C)n3CC2)cc1. The van der Waals surface area contributed by atoms with Gasteiger partial charge in [0.2, 0.25) is 11.8 Å². The molecule has 3 rings (SSSR count). The number of aromatic nitrogens is 3. The summed E-state index contributed by atoms with van der Waals surface area (Å²) in [5, 5.41) is 11.9. The van der Waals surface area contributed by atoms with Crippen molar-refractivity contribution in [1.82, 2.24) is 29.9 Å². The number of rotatable bonds is 11. The molecule has 10 heteroatoms. The molecule has 2 aromatic rings. The lowest BCUT2D eigenvalue weighted by Crippen LogP contribution is -2.38. The van der Waals surface area contributed by atoms with E-state index in [2.05, 4.69) is 29.4 Å². The summed E-state index contributed by atoms with van der Waals surface area (Å²) in [5.74, 6) is 2.41. The van der Waals surface area contributed by atoms with E-state index in [1.54, 1.807) is 36.3 Å². The van der Waals surface area contributed by atoms with Gasteiger partial charge in [-0.05, 0) is 50.7 Å². The largest absolute Gasteiger partial charge is 0.497 e. The van der Waals surface area contributed by atoms with Crippen LogP contribution in [0.15, 0.2) is 24.3 Å². The van der Waals surface area contributed by atoms with Gasteiger partial charge in [-0.3, -0.25) is 14.4 Å². The Bertz CT molecular complexity index is 1050. The number of carbonyl (C=O) groups is 3. The quantitative estimate of drug-likeness (QED) is 0.473. The van der Waals surface area contributed by atoms with Crippen LogP contribution < -0.4 is 10.1 Å². The number of hydrogen-bond acceptors (Lipinski definition) is 7. The molecule has 2 heterocycles. The highest BCUT2D eigenvalue weighted by Crippen LogP contribution is 2.23. The first-order valence-electron chi connectivity index (χ1n) is 12.5. The molecule has 196 valence electrons. The van der Waals surface area contributed by atoms with Crippen molar-refractivity contribution in [2.45, 2.75) is 52.1 Å². The number of Topliss-reactive ketones (excluding diaryl/α,β-unsaturated/α-hetero) is 1. The van der Waals surface area contributed by atoms with E-state index in [1.165, 1.54) is 0 Å². The topological polar surface area (TPSA) is 110 Å². The number of carbonyl (C=O) groups excluding carboxylic acids is 3. The van der Waals surface area contributed by atoms with E-state index in [1.807, 2.05) is 23.6 Å². The summed E-state index contributed by atoms with van der Waals surface area (Å²) < 4.78 is 7.17. The molecule has 0 unspecified atom stereocenters. The minimum Gasteiger partial charge on any atom is -0.497 e. The van der Waals surface area contributed by atoms with Crippen molar-refractivity contribution in [3.05, 3.63) is 41.5 Å². The van der Waals surface area contributed by atoms with Gasteiger partial charge in [0.25, 0.3) is 0 Å². The molecule has 1 N–H and O–H groups in total. The Morgan fingerprint density at radius 1 is 1.06 bits per heavy atom. The van der Waals surface area contributed by atoms with Crippen molar-refractivity contribution in [2.24, 2.45) is 5.92 Å². The van der Waals surface area contributed by atoms with Crippen molar-refractivity contribution in [3.63, 3.8) is 0 Å². The van der Waals surface area contributed by atoms with Gasteiger partial charge in [-0.15, -0.1) is 10.2 Å². The first kappa shape index (κ1) is 27.3. The van der Waals surface area contributed by atoms with Crippen LogP contribution in [0.4, 0.5) is 0 Å². The maximum atomic E-state index is 12.9. The first-order valence-corrected chi connectivity index (χ1v) is 12.5. The zero-order chi connectivity index (χ0) is 26.2. The molecule has 0 saturated heterocycles. The fourth-order valence-corrected chi connectivity index (χ4v) is 4.38. The third-order valence-corrected chi connectivity index (χ3v) is 6.20. The van der Waals surface area contributed by atoms with E-state index >= 15 is 0 Å². The highest BCUT2D eigenvalue weighted by molar-refractivity contribution is 5.98. The Hall–Kier alpha value is -3.27. The highest BCUT2D eigenvalue weighted by atomic mass is 16.5. The fourth-order valence-electron chi connectivity index (χ4n) is 4.38. The second kappa shape index (κ2) is 12.6. The van der Waals surface area contributed by atoms with E-state index < -0.39 is 0 Å². The van der Waals surface area contributed by atoms with E-state index in [-0.39, 0.29) is 36.5 Å². The van der Waals surface area contributed by atoms with Gasteiger partial charge in [-0.25, -0.2) is 0 Å². The molecule has 36 heavy (non-hydrogen) atoms. The Kier molecular flexibility index (Phi) is 9.58. The van der Waals surface area contributed by atoms with Crippen LogP contribution in [0.3, 0.4) is 0 Å². The summed E-state index contributed by atoms with van der Waals surface area (Å²) >= 11 is 0. The molecule has 10 nitrogen and oxygen atoms in total. The second-order valence-electron chi connectivity index (χ2n) is 9.90. The summed E-state index contributed by atoms with van der Waals surface area (Å²) in [6.07, 6.45) is 1.64. The van der Waals surface area contributed by atoms with E-state index in [4.69, 9.17) is 4.74 Å². The van der Waals surface area contributed by atoms with Gasteiger partial charge in [0.15, 0.2) is 11.6 Å². The summed E-state index contributed by atoms with van der Waals surface area (Å²) in [7, 11) is 5.29. The number of ketones is 1. The predicted octanol–water partition coefficient (Wildman–Crippen LogP) is 2.10. The standard InChI is InChI=1S/C26H38N6O4/c1-18(2)16-21(27-24(34)17-30(3)4)26-29-28-23-12-13-31(14-15-32(23)26)25(35)11-10-22(33)19-6-8-20(36-5)9-7-19/h6-9,18,21H,10-17H2,1-5H3,(H,27,34)/t21-/m0/s1. The Labute approximate surface area is 213 Å². The molecular weight excluding hydrogens is 460 g/mol. The number of methoxy groups -OCH3 is 1. The van der Waals surface area contributed by atoms with Crippen LogP contribution in [0.5, 0.6) is 5.75 Å². The van der Waals surface area contributed by atoms with Crippen LogP contribution in [0, 0.1) is 5.92 Å². The zero-order valence-corrected chi connectivity index (χ0v) is 22.0. The van der Waals surface area contributed by atoms with Gasteiger partial charge in [0.1, 0.15) is 11.6 Å². The molecule has 1 atom stereocenters. The second-order valence-corrected chi connectivity index (χ2v) is 9.90. The third kappa shape index (κ3) is 7.36. The van der Waals surface area contributed by atoms with Gasteiger partial charge in [0, 0.05) is 44.5 Å². The van der Waals surface area contributed by atoms with E-state index in [0.717, 1.165) is 18.1 Å². The average molecular weight is 499 g/mol. The lowest BCUT2D eigenvalue weighted by Gasteiger charge is -2.23. The predicted molar refractivity (Wildman–Crippen MR) is 136 cm³/mol. The smallest absolute Gasteiger partial charge is 0.234 e. The summed E-state index contributed by atoms with van der Waals surface area (Å²) in [4.78, 5) is 41.6. The molecule has 2 amide bonds.